The van der Waals surface area contributed by atoms with E-state index in [1.807, 2.05) is 24.3 Å². The van der Waals surface area contributed by atoms with E-state index in [0.717, 1.165) is 13.0 Å². The zero-order valence-electron chi connectivity index (χ0n) is 12.4. The SMILES string of the molecule is CCCNC(COCc1ccccc1F)c1ccccc1. The highest BCUT2D eigenvalue weighted by Crippen LogP contribution is 2.15. The van der Waals surface area contributed by atoms with Crippen molar-refractivity contribution < 1.29 is 9.13 Å². The van der Waals surface area contributed by atoms with Crippen LogP contribution in [0.5, 0.6) is 0 Å². The van der Waals surface area contributed by atoms with Crippen LogP contribution in [-0.4, -0.2) is 13.2 Å². The quantitative estimate of drug-likeness (QED) is 0.790. The van der Waals surface area contributed by atoms with Crippen LogP contribution in [0.3, 0.4) is 0 Å². The van der Waals surface area contributed by atoms with Crippen molar-refractivity contribution in [2.45, 2.75) is 26.0 Å². The minimum Gasteiger partial charge on any atom is -0.375 e. The summed E-state index contributed by atoms with van der Waals surface area (Å²) in [6.07, 6.45) is 1.07. The van der Waals surface area contributed by atoms with Gasteiger partial charge in [0.2, 0.25) is 0 Å². The standard InChI is InChI=1S/C18H22FNO/c1-2-12-20-18(15-8-4-3-5-9-15)14-21-13-16-10-6-7-11-17(16)19/h3-11,18,20H,2,12-14H2,1H3. The first-order valence-corrected chi connectivity index (χ1v) is 7.40. The summed E-state index contributed by atoms with van der Waals surface area (Å²) < 4.78 is 19.3. The molecule has 2 nitrogen and oxygen atoms in total. The fourth-order valence-electron chi connectivity index (χ4n) is 2.18. The molecule has 0 spiro atoms. The van der Waals surface area contributed by atoms with Gasteiger partial charge in [-0.2, -0.15) is 0 Å². The normalized spacial score (nSPS) is 12.3. The Bertz CT molecular complexity index is 530. The molecule has 1 N–H and O–H groups in total. The lowest BCUT2D eigenvalue weighted by Gasteiger charge is -2.19. The van der Waals surface area contributed by atoms with Crippen LogP contribution in [0.15, 0.2) is 54.6 Å². The molecule has 21 heavy (non-hydrogen) atoms. The number of benzene rings is 2. The van der Waals surface area contributed by atoms with Crippen LogP contribution in [0.4, 0.5) is 4.39 Å². The lowest BCUT2D eigenvalue weighted by molar-refractivity contribution is 0.0966. The van der Waals surface area contributed by atoms with Gasteiger partial charge in [0.05, 0.1) is 19.3 Å². The number of rotatable bonds is 8. The molecule has 3 heteroatoms. The Kier molecular flexibility index (Phi) is 6.38. The van der Waals surface area contributed by atoms with Crippen molar-refractivity contribution in [3.05, 3.63) is 71.5 Å². The summed E-state index contributed by atoms with van der Waals surface area (Å²) in [5.41, 5.74) is 1.79. The largest absolute Gasteiger partial charge is 0.375 e. The lowest BCUT2D eigenvalue weighted by atomic mass is 10.1. The molecule has 0 aliphatic rings. The fraction of sp³-hybridized carbons (Fsp3) is 0.333. The first-order chi connectivity index (χ1) is 10.3. The van der Waals surface area contributed by atoms with Gasteiger partial charge >= 0.3 is 0 Å². The lowest BCUT2D eigenvalue weighted by Crippen LogP contribution is -2.26. The van der Waals surface area contributed by atoms with E-state index >= 15 is 0 Å². The van der Waals surface area contributed by atoms with E-state index in [1.165, 1.54) is 11.6 Å². The van der Waals surface area contributed by atoms with Crippen molar-refractivity contribution in [1.29, 1.82) is 0 Å². The molecule has 1 atom stereocenters. The van der Waals surface area contributed by atoms with Crippen LogP contribution >= 0.6 is 0 Å². The second-order valence-electron chi connectivity index (χ2n) is 5.02. The summed E-state index contributed by atoms with van der Waals surface area (Å²) in [5, 5.41) is 3.47. The molecular formula is C18H22FNO. The Morgan fingerprint density at radius 3 is 2.48 bits per heavy atom. The summed E-state index contributed by atoms with van der Waals surface area (Å²) in [5.74, 6) is -0.213. The van der Waals surface area contributed by atoms with E-state index in [0.29, 0.717) is 18.8 Å². The predicted molar refractivity (Wildman–Crippen MR) is 83.5 cm³/mol. The van der Waals surface area contributed by atoms with Crippen LogP contribution in [-0.2, 0) is 11.3 Å². The molecule has 0 saturated carbocycles. The molecule has 2 rings (SSSR count). The highest BCUT2D eigenvalue weighted by atomic mass is 19.1. The van der Waals surface area contributed by atoms with Crippen molar-refractivity contribution in [3.63, 3.8) is 0 Å². The minimum absolute atomic E-state index is 0.137. The van der Waals surface area contributed by atoms with Crippen LogP contribution < -0.4 is 5.32 Å². The van der Waals surface area contributed by atoms with E-state index in [4.69, 9.17) is 4.74 Å². The second kappa shape index (κ2) is 8.55. The summed E-state index contributed by atoms with van der Waals surface area (Å²) in [6, 6.07) is 17.1. The third kappa shape index (κ3) is 4.96. The van der Waals surface area contributed by atoms with Gasteiger partial charge in [-0.1, -0.05) is 55.5 Å². The highest BCUT2D eigenvalue weighted by molar-refractivity contribution is 5.19. The highest BCUT2D eigenvalue weighted by Gasteiger charge is 2.11. The molecule has 2 aromatic carbocycles. The molecule has 0 saturated heterocycles. The second-order valence-corrected chi connectivity index (χ2v) is 5.02. The van der Waals surface area contributed by atoms with E-state index in [2.05, 4.69) is 24.4 Å². The maximum atomic E-state index is 13.5. The third-order valence-electron chi connectivity index (χ3n) is 3.34. The molecule has 0 amide bonds. The van der Waals surface area contributed by atoms with Gasteiger partial charge < -0.3 is 10.1 Å². The average Bonchev–Trinajstić information content (AvgIpc) is 2.53. The Hall–Kier alpha value is -1.71. The molecule has 112 valence electrons. The van der Waals surface area contributed by atoms with E-state index < -0.39 is 0 Å². The van der Waals surface area contributed by atoms with Gasteiger partial charge in [-0.3, -0.25) is 0 Å². The van der Waals surface area contributed by atoms with Crippen LogP contribution in [0.25, 0.3) is 0 Å². The summed E-state index contributed by atoms with van der Waals surface area (Å²) >= 11 is 0. The van der Waals surface area contributed by atoms with Crippen LogP contribution in [0, 0.1) is 5.82 Å². The Labute approximate surface area is 126 Å². The third-order valence-corrected chi connectivity index (χ3v) is 3.34. The van der Waals surface area contributed by atoms with Gasteiger partial charge in [0.25, 0.3) is 0 Å². The van der Waals surface area contributed by atoms with E-state index in [9.17, 15) is 4.39 Å². The topological polar surface area (TPSA) is 21.3 Å². The van der Waals surface area contributed by atoms with Gasteiger partial charge in [0.15, 0.2) is 0 Å². The smallest absolute Gasteiger partial charge is 0.128 e. The van der Waals surface area contributed by atoms with Crippen molar-refractivity contribution in [1.82, 2.24) is 5.32 Å². The first kappa shape index (κ1) is 15.7. The van der Waals surface area contributed by atoms with Gasteiger partial charge in [-0.25, -0.2) is 4.39 Å². The maximum Gasteiger partial charge on any atom is 0.128 e. The van der Waals surface area contributed by atoms with Crippen molar-refractivity contribution in [2.75, 3.05) is 13.2 Å². The fourth-order valence-corrected chi connectivity index (χ4v) is 2.18. The molecule has 0 aliphatic heterocycles. The van der Waals surface area contributed by atoms with E-state index in [-0.39, 0.29) is 11.9 Å². The van der Waals surface area contributed by atoms with Crippen molar-refractivity contribution in [3.8, 4) is 0 Å². The molecule has 1 unspecified atom stereocenters. The summed E-state index contributed by atoms with van der Waals surface area (Å²) in [7, 11) is 0. The van der Waals surface area contributed by atoms with Gasteiger partial charge in [-0.05, 0) is 24.6 Å². The summed E-state index contributed by atoms with van der Waals surface area (Å²) in [4.78, 5) is 0. The number of nitrogens with one attached hydrogen (secondary N) is 1. The average molecular weight is 287 g/mol. The minimum atomic E-state index is -0.213. The van der Waals surface area contributed by atoms with Gasteiger partial charge in [0.1, 0.15) is 5.82 Å². The molecule has 2 aromatic rings. The monoisotopic (exact) mass is 287 g/mol. The van der Waals surface area contributed by atoms with Gasteiger partial charge in [0, 0.05) is 5.56 Å². The van der Waals surface area contributed by atoms with Crippen LogP contribution in [0.1, 0.15) is 30.5 Å². The molecule has 0 aromatic heterocycles. The Morgan fingerprint density at radius 2 is 1.76 bits per heavy atom. The Balaban J connectivity index is 1.92. The van der Waals surface area contributed by atoms with Crippen molar-refractivity contribution in [2.24, 2.45) is 0 Å². The predicted octanol–water partition coefficient (Wildman–Crippen LogP) is 4.08. The molecule has 0 fully saturated rings. The number of halogens is 1. The van der Waals surface area contributed by atoms with Crippen molar-refractivity contribution >= 4 is 0 Å². The van der Waals surface area contributed by atoms with Gasteiger partial charge in [-0.15, -0.1) is 0 Å². The number of hydrogen-bond donors (Lipinski definition) is 1. The molecule has 0 bridgehead atoms. The molecule has 0 radical (unpaired) electrons. The number of ether oxygens (including phenoxy) is 1. The van der Waals surface area contributed by atoms with E-state index in [1.54, 1.807) is 12.1 Å². The maximum absolute atomic E-state index is 13.5. The first-order valence-electron chi connectivity index (χ1n) is 7.40. The zero-order valence-corrected chi connectivity index (χ0v) is 12.4. The summed E-state index contributed by atoms with van der Waals surface area (Å²) in [6.45, 7) is 3.89. The molecule has 0 heterocycles. The molecular weight excluding hydrogens is 265 g/mol. The Morgan fingerprint density at radius 1 is 1.05 bits per heavy atom. The zero-order chi connectivity index (χ0) is 14.9. The van der Waals surface area contributed by atoms with Crippen LogP contribution in [0.2, 0.25) is 0 Å². The number of hydrogen-bond acceptors (Lipinski definition) is 2. The molecule has 0 aliphatic carbocycles.